The summed E-state index contributed by atoms with van der Waals surface area (Å²) in [6, 6.07) is 0.466. The van der Waals surface area contributed by atoms with Crippen molar-refractivity contribution in [3.05, 3.63) is 0 Å². The van der Waals surface area contributed by atoms with Gasteiger partial charge in [0.25, 0.3) is 0 Å². The standard InChI is InChI=1S/C10H18N2O2/c1-11(7-10(13)14)9-6-12-4-2-8(9)3-5-12/h8-9H,2-7H2,1H3,(H,13,14). The SMILES string of the molecule is CN(CC(=O)O)C1CN2CCC1CC2. The third-order valence-corrected chi connectivity index (χ3v) is 3.57. The molecular weight excluding hydrogens is 180 g/mol. The van der Waals surface area contributed by atoms with E-state index in [1.807, 2.05) is 11.9 Å². The summed E-state index contributed by atoms with van der Waals surface area (Å²) in [5.74, 6) is 0.00768. The molecule has 80 valence electrons. The molecule has 0 aromatic rings. The van der Waals surface area contributed by atoms with E-state index in [1.54, 1.807) is 0 Å². The summed E-state index contributed by atoms with van der Waals surface area (Å²) < 4.78 is 0. The molecular formula is C10H18N2O2. The number of hydrogen-bond acceptors (Lipinski definition) is 3. The van der Waals surface area contributed by atoms with Crippen LogP contribution in [0.3, 0.4) is 0 Å². The zero-order chi connectivity index (χ0) is 10.1. The van der Waals surface area contributed by atoms with Crippen molar-refractivity contribution in [2.75, 3.05) is 33.2 Å². The number of piperidine rings is 3. The summed E-state index contributed by atoms with van der Waals surface area (Å²) in [4.78, 5) is 15.0. The predicted molar refractivity (Wildman–Crippen MR) is 53.2 cm³/mol. The molecule has 0 aromatic carbocycles. The van der Waals surface area contributed by atoms with Gasteiger partial charge in [0.2, 0.25) is 0 Å². The van der Waals surface area contributed by atoms with E-state index >= 15 is 0 Å². The highest BCUT2D eigenvalue weighted by atomic mass is 16.4. The number of aliphatic carboxylic acids is 1. The lowest BCUT2D eigenvalue weighted by Crippen LogP contribution is -2.57. The largest absolute Gasteiger partial charge is 0.480 e. The zero-order valence-electron chi connectivity index (χ0n) is 8.65. The maximum atomic E-state index is 10.6. The topological polar surface area (TPSA) is 43.8 Å². The molecule has 0 amide bonds. The Hall–Kier alpha value is -0.610. The van der Waals surface area contributed by atoms with Crippen LogP contribution < -0.4 is 0 Å². The molecule has 1 unspecified atom stereocenters. The fraction of sp³-hybridized carbons (Fsp3) is 0.900. The molecule has 0 radical (unpaired) electrons. The van der Waals surface area contributed by atoms with Gasteiger partial charge < -0.3 is 10.0 Å². The molecule has 4 heteroatoms. The molecule has 1 atom stereocenters. The Morgan fingerprint density at radius 3 is 2.57 bits per heavy atom. The van der Waals surface area contributed by atoms with Crippen molar-refractivity contribution in [3.8, 4) is 0 Å². The van der Waals surface area contributed by atoms with Crippen LogP contribution in [0.4, 0.5) is 0 Å². The van der Waals surface area contributed by atoms with Gasteiger partial charge >= 0.3 is 5.97 Å². The molecule has 0 aromatic heterocycles. The number of carboxylic acids is 1. The summed E-state index contributed by atoms with van der Waals surface area (Å²) in [5, 5.41) is 8.73. The van der Waals surface area contributed by atoms with E-state index in [2.05, 4.69) is 4.90 Å². The van der Waals surface area contributed by atoms with Gasteiger partial charge in [-0.05, 0) is 38.9 Å². The fourth-order valence-corrected chi connectivity index (χ4v) is 2.76. The van der Waals surface area contributed by atoms with Crippen LogP contribution in [0.2, 0.25) is 0 Å². The van der Waals surface area contributed by atoms with E-state index in [9.17, 15) is 4.79 Å². The first kappa shape index (κ1) is 9.93. The second kappa shape index (κ2) is 3.87. The number of fused-ring (bicyclic) bond motifs is 3. The minimum Gasteiger partial charge on any atom is -0.480 e. The molecule has 3 rings (SSSR count). The third-order valence-electron chi connectivity index (χ3n) is 3.57. The second-order valence-electron chi connectivity index (χ2n) is 4.51. The summed E-state index contributed by atoms with van der Waals surface area (Å²) in [7, 11) is 1.93. The molecule has 1 N–H and O–H groups in total. The van der Waals surface area contributed by atoms with E-state index in [-0.39, 0.29) is 6.54 Å². The van der Waals surface area contributed by atoms with Crippen molar-refractivity contribution in [1.82, 2.24) is 9.80 Å². The molecule has 3 aliphatic heterocycles. The Morgan fingerprint density at radius 1 is 1.50 bits per heavy atom. The van der Waals surface area contributed by atoms with Crippen molar-refractivity contribution in [2.24, 2.45) is 5.92 Å². The smallest absolute Gasteiger partial charge is 0.317 e. The van der Waals surface area contributed by atoms with Gasteiger partial charge in [-0.25, -0.2) is 0 Å². The third kappa shape index (κ3) is 1.91. The van der Waals surface area contributed by atoms with Crippen LogP contribution >= 0.6 is 0 Å². The van der Waals surface area contributed by atoms with Crippen molar-refractivity contribution in [1.29, 1.82) is 0 Å². The minimum absolute atomic E-state index is 0.176. The maximum Gasteiger partial charge on any atom is 0.317 e. The van der Waals surface area contributed by atoms with Crippen LogP contribution in [-0.4, -0.2) is 60.1 Å². The summed E-state index contributed by atoms with van der Waals surface area (Å²) in [6.45, 7) is 3.66. The summed E-state index contributed by atoms with van der Waals surface area (Å²) in [6.07, 6.45) is 2.49. The van der Waals surface area contributed by atoms with E-state index in [4.69, 9.17) is 5.11 Å². The molecule has 0 saturated carbocycles. The van der Waals surface area contributed by atoms with Crippen LogP contribution in [0.25, 0.3) is 0 Å². The Kier molecular flexibility index (Phi) is 2.74. The van der Waals surface area contributed by atoms with Gasteiger partial charge in [0.05, 0.1) is 6.54 Å². The Morgan fingerprint density at radius 2 is 2.14 bits per heavy atom. The van der Waals surface area contributed by atoms with Gasteiger partial charge in [-0.1, -0.05) is 0 Å². The molecule has 4 nitrogen and oxygen atoms in total. The quantitative estimate of drug-likeness (QED) is 0.698. The van der Waals surface area contributed by atoms with Crippen molar-refractivity contribution >= 4 is 5.97 Å². The van der Waals surface area contributed by atoms with Crippen molar-refractivity contribution < 1.29 is 9.90 Å². The number of nitrogens with zero attached hydrogens (tertiary/aromatic N) is 2. The van der Waals surface area contributed by atoms with Gasteiger partial charge in [-0.15, -0.1) is 0 Å². The number of carbonyl (C=O) groups is 1. The van der Waals surface area contributed by atoms with Crippen LogP contribution in [0.15, 0.2) is 0 Å². The highest BCUT2D eigenvalue weighted by molar-refractivity contribution is 5.69. The van der Waals surface area contributed by atoms with Gasteiger partial charge in [-0.2, -0.15) is 0 Å². The maximum absolute atomic E-state index is 10.6. The molecule has 0 spiro atoms. The van der Waals surface area contributed by atoms with Gasteiger partial charge in [0, 0.05) is 12.6 Å². The zero-order valence-corrected chi connectivity index (χ0v) is 8.65. The van der Waals surface area contributed by atoms with E-state index in [1.165, 1.54) is 25.9 Å². The van der Waals surface area contributed by atoms with E-state index < -0.39 is 5.97 Å². The predicted octanol–water partition coefficient (Wildman–Crippen LogP) is 0.0970. The van der Waals surface area contributed by atoms with E-state index in [0.29, 0.717) is 6.04 Å². The van der Waals surface area contributed by atoms with Gasteiger partial charge in [-0.3, -0.25) is 9.69 Å². The fourth-order valence-electron chi connectivity index (χ4n) is 2.76. The number of hydrogen-bond donors (Lipinski definition) is 1. The lowest BCUT2D eigenvalue weighted by atomic mass is 9.83. The molecule has 14 heavy (non-hydrogen) atoms. The first-order valence-electron chi connectivity index (χ1n) is 5.31. The lowest BCUT2D eigenvalue weighted by Gasteiger charge is -2.47. The lowest BCUT2D eigenvalue weighted by molar-refractivity contribution is -0.139. The molecule has 3 saturated heterocycles. The highest BCUT2D eigenvalue weighted by Gasteiger charge is 2.36. The second-order valence-corrected chi connectivity index (χ2v) is 4.51. The molecule has 3 aliphatic rings. The molecule has 3 heterocycles. The molecule has 0 aliphatic carbocycles. The van der Waals surface area contributed by atoms with Crippen molar-refractivity contribution in [3.63, 3.8) is 0 Å². The van der Waals surface area contributed by atoms with Crippen LogP contribution in [0.5, 0.6) is 0 Å². The Bertz CT molecular complexity index is 224. The van der Waals surface area contributed by atoms with Crippen molar-refractivity contribution in [2.45, 2.75) is 18.9 Å². The van der Waals surface area contributed by atoms with Gasteiger partial charge in [0.1, 0.15) is 0 Å². The number of rotatable bonds is 3. The highest BCUT2D eigenvalue weighted by Crippen LogP contribution is 2.30. The molecule has 3 fully saturated rings. The first-order valence-corrected chi connectivity index (χ1v) is 5.31. The van der Waals surface area contributed by atoms with E-state index in [0.717, 1.165) is 12.5 Å². The molecule has 2 bridgehead atoms. The monoisotopic (exact) mass is 198 g/mol. The van der Waals surface area contributed by atoms with Gasteiger partial charge in [0.15, 0.2) is 0 Å². The van der Waals surface area contributed by atoms with Crippen LogP contribution in [0.1, 0.15) is 12.8 Å². The van der Waals surface area contributed by atoms with Crippen LogP contribution in [0, 0.1) is 5.92 Å². The number of likely N-dealkylation sites (N-methyl/N-ethyl adjacent to an activating group) is 1. The Balaban J connectivity index is 1.94. The average molecular weight is 198 g/mol. The first-order chi connectivity index (χ1) is 6.66. The number of carboxylic acid groups (broad SMARTS) is 1. The normalized spacial score (nSPS) is 36.3. The minimum atomic E-state index is -0.719. The average Bonchev–Trinajstić information content (AvgIpc) is 2.18. The van der Waals surface area contributed by atoms with Crippen LogP contribution in [-0.2, 0) is 4.79 Å². The summed E-state index contributed by atoms with van der Waals surface area (Å²) in [5.41, 5.74) is 0. The summed E-state index contributed by atoms with van der Waals surface area (Å²) >= 11 is 0. The Labute approximate surface area is 84.5 Å².